The number of carbonyl (C=O) groups is 1. The van der Waals surface area contributed by atoms with Crippen LogP contribution < -0.4 is 5.32 Å². The Bertz CT molecular complexity index is 984. The standard InChI is InChI=1S/C20H16Cl2N2OS/c21-15-7-8-17(22)16(10-15)18-11-26-20(23-18)24-19(25)14-6-5-12-3-1-2-4-13(12)9-14/h5-11H,1-4H2,(H,23,24,25). The summed E-state index contributed by atoms with van der Waals surface area (Å²) in [5, 5.41) is 6.45. The minimum absolute atomic E-state index is 0.142. The lowest BCUT2D eigenvalue weighted by Crippen LogP contribution is -2.13. The SMILES string of the molecule is O=C(Nc1nc(-c2cc(Cl)ccc2Cl)cs1)c1ccc2c(c1)CCCC2. The number of carbonyl (C=O) groups excluding carboxylic acids is 1. The smallest absolute Gasteiger partial charge is 0.257 e. The first kappa shape index (κ1) is 17.5. The lowest BCUT2D eigenvalue weighted by molar-refractivity contribution is 0.102. The number of hydrogen-bond donors (Lipinski definition) is 1. The van der Waals surface area contributed by atoms with Gasteiger partial charge in [0.15, 0.2) is 5.13 Å². The first-order valence-electron chi connectivity index (χ1n) is 8.44. The summed E-state index contributed by atoms with van der Waals surface area (Å²) >= 11 is 13.6. The highest BCUT2D eigenvalue weighted by Gasteiger charge is 2.15. The average molecular weight is 403 g/mol. The molecule has 0 saturated heterocycles. The van der Waals surface area contributed by atoms with Gasteiger partial charge in [0, 0.05) is 21.5 Å². The molecule has 0 atom stereocenters. The predicted molar refractivity (Wildman–Crippen MR) is 109 cm³/mol. The molecule has 6 heteroatoms. The molecule has 0 spiro atoms. The van der Waals surface area contributed by atoms with Gasteiger partial charge in [0.05, 0.1) is 10.7 Å². The van der Waals surface area contributed by atoms with Crippen LogP contribution in [0.2, 0.25) is 10.0 Å². The molecule has 2 aromatic carbocycles. The number of fused-ring (bicyclic) bond motifs is 1. The summed E-state index contributed by atoms with van der Waals surface area (Å²) < 4.78 is 0. The number of nitrogens with one attached hydrogen (secondary N) is 1. The molecule has 132 valence electrons. The van der Waals surface area contributed by atoms with Gasteiger partial charge in [-0.1, -0.05) is 29.3 Å². The van der Waals surface area contributed by atoms with Crippen LogP contribution >= 0.6 is 34.5 Å². The van der Waals surface area contributed by atoms with Gasteiger partial charge in [-0.3, -0.25) is 10.1 Å². The van der Waals surface area contributed by atoms with Gasteiger partial charge in [-0.25, -0.2) is 4.98 Å². The van der Waals surface area contributed by atoms with Crippen molar-refractivity contribution in [2.24, 2.45) is 0 Å². The van der Waals surface area contributed by atoms with Crippen LogP contribution in [0.1, 0.15) is 34.3 Å². The van der Waals surface area contributed by atoms with Crippen molar-refractivity contribution in [3.63, 3.8) is 0 Å². The molecule has 0 aliphatic heterocycles. The third-order valence-corrected chi connectivity index (χ3v) is 5.86. The van der Waals surface area contributed by atoms with E-state index in [1.54, 1.807) is 18.2 Å². The van der Waals surface area contributed by atoms with Crippen LogP contribution in [-0.2, 0) is 12.8 Å². The number of rotatable bonds is 3. The highest BCUT2D eigenvalue weighted by atomic mass is 35.5. The summed E-state index contributed by atoms with van der Waals surface area (Å²) in [6.45, 7) is 0. The summed E-state index contributed by atoms with van der Waals surface area (Å²) in [6, 6.07) is 11.2. The second kappa shape index (κ2) is 7.39. The Morgan fingerprint density at radius 1 is 1.04 bits per heavy atom. The Kier molecular flexibility index (Phi) is 4.98. The zero-order valence-electron chi connectivity index (χ0n) is 13.9. The Hall–Kier alpha value is -1.88. The normalized spacial score (nSPS) is 13.3. The monoisotopic (exact) mass is 402 g/mol. The van der Waals surface area contributed by atoms with Gasteiger partial charge in [-0.15, -0.1) is 11.3 Å². The first-order chi connectivity index (χ1) is 12.6. The molecule has 0 radical (unpaired) electrons. The number of amides is 1. The zero-order chi connectivity index (χ0) is 18.1. The van der Waals surface area contributed by atoms with Crippen LogP contribution in [0.25, 0.3) is 11.3 Å². The van der Waals surface area contributed by atoms with Gasteiger partial charge in [0.1, 0.15) is 0 Å². The summed E-state index contributed by atoms with van der Waals surface area (Å²) in [5.41, 5.74) is 4.77. The molecular weight excluding hydrogens is 387 g/mol. The van der Waals surface area contributed by atoms with E-state index < -0.39 is 0 Å². The van der Waals surface area contributed by atoms with E-state index in [0.29, 0.717) is 26.4 Å². The summed E-state index contributed by atoms with van der Waals surface area (Å²) in [7, 11) is 0. The first-order valence-corrected chi connectivity index (χ1v) is 10.1. The second-order valence-corrected chi connectivity index (χ2v) is 8.01. The molecule has 26 heavy (non-hydrogen) atoms. The fraction of sp³-hybridized carbons (Fsp3) is 0.200. The van der Waals surface area contributed by atoms with E-state index in [-0.39, 0.29) is 5.91 Å². The molecule has 0 fully saturated rings. The largest absolute Gasteiger partial charge is 0.298 e. The highest BCUT2D eigenvalue weighted by Crippen LogP contribution is 2.32. The fourth-order valence-electron chi connectivity index (χ4n) is 3.19. The van der Waals surface area contributed by atoms with Crippen molar-refractivity contribution < 1.29 is 4.79 Å². The van der Waals surface area contributed by atoms with Crippen molar-refractivity contribution in [2.75, 3.05) is 5.32 Å². The minimum Gasteiger partial charge on any atom is -0.298 e. The van der Waals surface area contributed by atoms with Crippen molar-refractivity contribution in [3.05, 3.63) is 68.5 Å². The number of anilines is 1. The predicted octanol–water partition coefficient (Wildman–Crippen LogP) is 6.25. The average Bonchev–Trinajstić information content (AvgIpc) is 3.11. The Morgan fingerprint density at radius 3 is 2.69 bits per heavy atom. The third-order valence-electron chi connectivity index (χ3n) is 4.54. The topological polar surface area (TPSA) is 42.0 Å². The number of aromatic nitrogens is 1. The quantitative estimate of drug-likeness (QED) is 0.562. The van der Waals surface area contributed by atoms with Crippen molar-refractivity contribution >= 4 is 45.6 Å². The maximum atomic E-state index is 12.6. The third kappa shape index (κ3) is 3.63. The maximum absolute atomic E-state index is 12.6. The molecule has 1 aliphatic rings. The van der Waals surface area contributed by atoms with E-state index in [4.69, 9.17) is 23.2 Å². The van der Waals surface area contributed by atoms with Crippen molar-refractivity contribution in [2.45, 2.75) is 25.7 Å². The Labute approximate surface area is 166 Å². The van der Waals surface area contributed by atoms with Gasteiger partial charge < -0.3 is 0 Å². The van der Waals surface area contributed by atoms with Crippen LogP contribution in [0.4, 0.5) is 5.13 Å². The number of aryl methyl sites for hydroxylation is 2. The van der Waals surface area contributed by atoms with Crippen molar-refractivity contribution in [1.29, 1.82) is 0 Å². The molecule has 0 bridgehead atoms. The van der Waals surface area contributed by atoms with Crippen molar-refractivity contribution in [3.8, 4) is 11.3 Å². The van der Waals surface area contributed by atoms with Crippen LogP contribution in [0.3, 0.4) is 0 Å². The molecule has 1 aliphatic carbocycles. The van der Waals surface area contributed by atoms with E-state index in [9.17, 15) is 4.79 Å². The van der Waals surface area contributed by atoms with Crippen LogP contribution in [0.15, 0.2) is 41.8 Å². The lowest BCUT2D eigenvalue weighted by atomic mass is 9.90. The van der Waals surface area contributed by atoms with Gasteiger partial charge >= 0.3 is 0 Å². The fourth-order valence-corrected chi connectivity index (χ4v) is 4.28. The highest BCUT2D eigenvalue weighted by molar-refractivity contribution is 7.14. The van der Waals surface area contributed by atoms with Crippen LogP contribution in [0, 0.1) is 0 Å². The van der Waals surface area contributed by atoms with E-state index in [0.717, 1.165) is 18.4 Å². The van der Waals surface area contributed by atoms with E-state index in [2.05, 4.69) is 16.4 Å². The Balaban J connectivity index is 1.54. The molecular formula is C20H16Cl2N2OS. The summed E-state index contributed by atoms with van der Waals surface area (Å²) in [4.78, 5) is 17.1. The van der Waals surface area contributed by atoms with Gasteiger partial charge in [0.25, 0.3) is 5.91 Å². The molecule has 0 saturated carbocycles. The van der Waals surface area contributed by atoms with E-state index in [1.807, 2.05) is 17.5 Å². The van der Waals surface area contributed by atoms with E-state index in [1.165, 1.54) is 35.3 Å². The molecule has 1 N–H and O–H groups in total. The van der Waals surface area contributed by atoms with Gasteiger partial charge in [-0.05, 0) is 67.1 Å². The lowest BCUT2D eigenvalue weighted by Gasteiger charge is -2.16. The van der Waals surface area contributed by atoms with Gasteiger partial charge in [0.2, 0.25) is 0 Å². The molecule has 3 nitrogen and oxygen atoms in total. The maximum Gasteiger partial charge on any atom is 0.257 e. The number of nitrogens with zero attached hydrogens (tertiary/aromatic N) is 1. The molecule has 1 aromatic heterocycles. The summed E-state index contributed by atoms with van der Waals surface area (Å²) in [5.74, 6) is -0.142. The van der Waals surface area contributed by atoms with E-state index >= 15 is 0 Å². The molecule has 4 rings (SSSR count). The van der Waals surface area contributed by atoms with Crippen molar-refractivity contribution in [1.82, 2.24) is 4.98 Å². The number of benzene rings is 2. The summed E-state index contributed by atoms with van der Waals surface area (Å²) in [6.07, 6.45) is 4.57. The second-order valence-electron chi connectivity index (χ2n) is 6.31. The molecule has 0 unspecified atom stereocenters. The molecule has 1 amide bonds. The Morgan fingerprint density at radius 2 is 1.85 bits per heavy atom. The molecule has 1 heterocycles. The van der Waals surface area contributed by atoms with Gasteiger partial charge in [-0.2, -0.15) is 0 Å². The molecule has 3 aromatic rings. The minimum atomic E-state index is -0.142. The number of thiazole rings is 1. The zero-order valence-corrected chi connectivity index (χ0v) is 16.2. The van der Waals surface area contributed by atoms with Crippen LogP contribution in [-0.4, -0.2) is 10.9 Å². The number of halogens is 2. The number of hydrogen-bond acceptors (Lipinski definition) is 3. The van der Waals surface area contributed by atoms with Crippen LogP contribution in [0.5, 0.6) is 0 Å².